The number of carbonyl (C=O) groups excluding carboxylic acids is 1. The smallest absolute Gasteiger partial charge is 0.260 e. The summed E-state index contributed by atoms with van der Waals surface area (Å²) in [7, 11) is 4.03. The zero-order valence-electron chi connectivity index (χ0n) is 19.5. The van der Waals surface area contributed by atoms with E-state index < -0.39 is 0 Å². The van der Waals surface area contributed by atoms with Crippen molar-refractivity contribution in [1.29, 1.82) is 0 Å². The Bertz CT molecular complexity index is 1180. The molecule has 5 rings (SSSR count). The number of likely N-dealkylation sites (tertiary alicyclic amines) is 1. The summed E-state index contributed by atoms with van der Waals surface area (Å²) >= 11 is 0. The van der Waals surface area contributed by atoms with Crippen LogP contribution in [-0.2, 0) is 17.8 Å². The number of hydrogen-bond acceptors (Lipinski definition) is 7. The highest BCUT2D eigenvalue weighted by molar-refractivity contribution is 5.86. The van der Waals surface area contributed by atoms with Crippen LogP contribution in [0.15, 0.2) is 30.3 Å². The third-order valence-electron chi connectivity index (χ3n) is 6.57. The first kappa shape index (κ1) is 21.6. The van der Waals surface area contributed by atoms with E-state index in [1.54, 1.807) is 0 Å². The summed E-state index contributed by atoms with van der Waals surface area (Å²) < 4.78 is 5.96. The van der Waals surface area contributed by atoms with Crippen LogP contribution in [0.4, 0.5) is 5.82 Å². The molecule has 172 valence electrons. The highest BCUT2D eigenvalue weighted by Crippen LogP contribution is 2.30. The first-order valence-electron chi connectivity index (χ1n) is 11.5. The van der Waals surface area contributed by atoms with Crippen molar-refractivity contribution in [3.05, 3.63) is 53.1 Å². The number of hydrogen-bond donors (Lipinski definition) is 1. The molecule has 0 spiro atoms. The van der Waals surface area contributed by atoms with Crippen LogP contribution >= 0.6 is 0 Å². The molecule has 1 amide bonds. The minimum Gasteiger partial charge on any atom is -0.483 e. The standard InChI is InChI=1S/C25H30N6O2/c1-16-12-22(18-6-4-5-7-20(18)27-16)33-15-23(32)31-11-8-17(13-31)24-28-21-9-10-30(3)14-19(21)25(26-2)29-24/h4-7,12,17H,8-11,13-15H2,1-3H3,(H,26,28,29)/t17-/m0/s1. The summed E-state index contributed by atoms with van der Waals surface area (Å²) in [6.07, 6.45) is 1.80. The number of aryl methyl sites for hydroxylation is 1. The van der Waals surface area contributed by atoms with Crippen LogP contribution in [0.3, 0.4) is 0 Å². The average molecular weight is 447 g/mol. The van der Waals surface area contributed by atoms with Crippen molar-refractivity contribution in [3.63, 3.8) is 0 Å². The molecule has 0 aliphatic carbocycles. The van der Waals surface area contributed by atoms with E-state index >= 15 is 0 Å². The van der Waals surface area contributed by atoms with Gasteiger partial charge in [0, 0.05) is 68.3 Å². The molecule has 2 aliphatic heterocycles. The number of carbonyl (C=O) groups is 1. The Kier molecular flexibility index (Phi) is 5.85. The van der Waals surface area contributed by atoms with E-state index in [1.165, 1.54) is 5.56 Å². The van der Waals surface area contributed by atoms with E-state index in [0.29, 0.717) is 18.8 Å². The Morgan fingerprint density at radius 1 is 1.21 bits per heavy atom. The number of benzene rings is 1. The lowest BCUT2D eigenvalue weighted by molar-refractivity contribution is -0.132. The lowest BCUT2D eigenvalue weighted by Crippen LogP contribution is -2.33. The van der Waals surface area contributed by atoms with Crippen LogP contribution in [0.1, 0.15) is 35.1 Å². The van der Waals surface area contributed by atoms with Crippen molar-refractivity contribution in [1.82, 2.24) is 24.8 Å². The van der Waals surface area contributed by atoms with Gasteiger partial charge in [-0.05, 0) is 32.5 Å². The highest BCUT2D eigenvalue weighted by atomic mass is 16.5. The molecule has 8 heteroatoms. The molecule has 0 saturated carbocycles. The van der Waals surface area contributed by atoms with Crippen molar-refractivity contribution in [3.8, 4) is 5.75 Å². The summed E-state index contributed by atoms with van der Waals surface area (Å²) in [5, 5.41) is 4.17. The van der Waals surface area contributed by atoms with E-state index in [2.05, 4.69) is 22.2 Å². The SMILES string of the molecule is CNc1nc([C@H]2CCN(C(=O)COc3cc(C)nc4ccccc34)C2)nc2c1CN(C)CC2. The highest BCUT2D eigenvalue weighted by Gasteiger charge is 2.31. The summed E-state index contributed by atoms with van der Waals surface area (Å²) in [5.74, 6) is 2.59. The molecule has 8 nitrogen and oxygen atoms in total. The molecular weight excluding hydrogens is 416 g/mol. The number of nitrogens with one attached hydrogen (secondary N) is 1. The van der Waals surface area contributed by atoms with Gasteiger partial charge in [-0.1, -0.05) is 12.1 Å². The third kappa shape index (κ3) is 4.35. The van der Waals surface area contributed by atoms with Gasteiger partial charge in [0.15, 0.2) is 6.61 Å². The Labute approximate surface area is 194 Å². The maximum Gasteiger partial charge on any atom is 0.260 e. The molecule has 4 heterocycles. The van der Waals surface area contributed by atoms with Gasteiger partial charge >= 0.3 is 0 Å². The van der Waals surface area contributed by atoms with Crippen LogP contribution < -0.4 is 10.1 Å². The zero-order chi connectivity index (χ0) is 22.9. The molecule has 1 saturated heterocycles. The van der Waals surface area contributed by atoms with Crippen molar-refractivity contribution in [2.75, 3.05) is 45.7 Å². The maximum absolute atomic E-state index is 12.9. The van der Waals surface area contributed by atoms with Gasteiger partial charge in [0.1, 0.15) is 17.4 Å². The summed E-state index contributed by atoms with van der Waals surface area (Å²) in [5.41, 5.74) is 4.07. The molecule has 0 radical (unpaired) electrons. The Morgan fingerprint density at radius 2 is 2.06 bits per heavy atom. The minimum atomic E-state index is -0.00975. The van der Waals surface area contributed by atoms with Crippen molar-refractivity contribution >= 4 is 22.6 Å². The monoisotopic (exact) mass is 446 g/mol. The van der Waals surface area contributed by atoms with Gasteiger partial charge in [0.05, 0.1) is 11.2 Å². The van der Waals surface area contributed by atoms with Gasteiger partial charge in [-0.3, -0.25) is 9.78 Å². The summed E-state index contributed by atoms with van der Waals surface area (Å²) in [6.45, 7) is 5.13. The number of pyridine rings is 1. The van der Waals surface area contributed by atoms with E-state index in [9.17, 15) is 4.79 Å². The predicted octanol–water partition coefficient (Wildman–Crippen LogP) is 2.76. The molecule has 0 unspecified atom stereocenters. The van der Waals surface area contributed by atoms with Gasteiger partial charge in [-0.25, -0.2) is 9.97 Å². The fourth-order valence-corrected chi connectivity index (χ4v) is 4.77. The molecule has 1 fully saturated rings. The number of nitrogens with zero attached hydrogens (tertiary/aromatic N) is 5. The van der Waals surface area contributed by atoms with Gasteiger partial charge in [-0.15, -0.1) is 0 Å². The number of fused-ring (bicyclic) bond motifs is 2. The number of aromatic nitrogens is 3. The minimum absolute atomic E-state index is 0.00975. The zero-order valence-corrected chi connectivity index (χ0v) is 19.5. The molecule has 2 aromatic heterocycles. The summed E-state index contributed by atoms with van der Waals surface area (Å²) in [4.78, 5) is 31.4. The lowest BCUT2D eigenvalue weighted by atomic mass is 10.0. The fourth-order valence-electron chi connectivity index (χ4n) is 4.77. The molecule has 0 bridgehead atoms. The number of ether oxygens (including phenoxy) is 1. The Hall–Kier alpha value is -3.26. The third-order valence-corrected chi connectivity index (χ3v) is 6.57. The van der Waals surface area contributed by atoms with Gasteiger partial charge in [0.2, 0.25) is 0 Å². The quantitative estimate of drug-likeness (QED) is 0.645. The van der Waals surface area contributed by atoms with E-state index in [4.69, 9.17) is 14.7 Å². The second-order valence-electron chi connectivity index (χ2n) is 8.99. The Balaban J connectivity index is 1.27. The molecule has 2 aliphatic rings. The maximum atomic E-state index is 12.9. The molecule has 1 atom stereocenters. The van der Waals surface area contributed by atoms with Crippen molar-refractivity contribution in [2.24, 2.45) is 0 Å². The van der Waals surface area contributed by atoms with E-state index in [1.807, 2.05) is 49.2 Å². The number of anilines is 1. The summed E-state index contributed by atoms with van der Waals surface area (Å²) in [6, 6.07) is 9.72. The first-order chi connectivity index (χ1) is 16.0. The first-order valence-corrected chi connectivity index (χ1v) is 11.5. The molecule has 1 aromatic carbocycles. The van der Waals surface area contributed by atoms with Crippen LogP contribution in [0.2, 0.25) is 0 Å². The van der Waals surface area contributed by atoms with Gasteiger partial charge in [0.25, 0.3) is 5.91 Å². The molecule has 33 heavy (non-hydrogen) atoms. The normalized spacial score (nSPS) is 18.4. The number of amides is 1. The van der Waals surface area contributed by atoms with Crippen LogP contribution in [-0.4, -0.2) is 71.0 Å². The van der Waals surface area contributed by atoms with Crippen LogP contribution in [0.5, 0.6) is 5.75 Å². The topological polar surface area (TPSA) is 83.5 Å². The van der Waals surface area contributed by atoms with Crippen molar-refractivity contribution < 1.29 is 9.53 Å². The van der Waals surface area contributed by atoms with Gasteiger partial charge < -0.3 is 19.9 Å². The van der Waals surface area contributed by atoms with E-state index in [-0.39, 0.29) is 18.4 Å². The van der Waals surface area contributed by atoms with Crippen molar-refractivity contribution in [2.45, 2.75) is 32.2 Å². The van der Waals surface area contributed by atoms with E-state index in [0.717, 1.165) is 59.9 Å². The second-order valence-corrected chi connectivity index (χ2v) is 8.99. The average Bonchev–Trinajstić information content (AvgIpc) is 3.32. The molecule has 1 N–H and O–H groups in total. The fraction of sp³-hybridized carbons (Fsp3) is 0.440. The second kappa shape index (κ2) is 8.94. The number of rotatable bonds is 5. The van der Waals surface area contributed by atoms with Crippen LogP contribution in [0.25, 0.3) is 10.9 Å². The number of para-hydroxylation sites is 1. The molecular formula is C25H30N6O2. The molecule has 3 aromatic rings. The predicted molar refractivity (Wildman–Crippen MR) is 128 cm³/mol. The Morgan fingerprint density at radius 3 is 2.91 bits per heavy atom. The van der Waals surface area contributed by atoms with Crippen LogP contribution in [0, 0.1) is 6.92 Å². The largest absolute Gasteiger partial charge is 0.483 e. The number of likely N-dealkylation sites (N-methyl/N-ethyl adjacent to an activating group) is 1. The van der Waals surface area contributed by atoms with Gasteiger partial charge in [-0.2, -0.15) is 0 Å². The lowest BCUT2D eigenvalue weighted by Gasteiger charge is -2.26.